The second-order valence-electron chi connectivity index (χ2n) is 3.70. The Hall–Kier alpha value is -1.05. The lowest BCUT2D eigenvalue weighted by Crippen LogP contribution is -2.45. The van der Waals surface area contributed by atoms with Crippen molar-refractivity contribution in [1.29, 1.82) is 0 Å². The van der Waals surface area contributed by atoms with Gasteiger partial charge in [-0.2, -0.15) is 0 Å². The first-order valence-corrected chi connectivity index (χ1v) is 6.67. The van der Waals surface area contributed by atoms with Crippen molar-refractivity contribution in [2.24, 2.45) is 0 Å². The highest BCUT2D eigenvalue weighted by Gasteiger charge is 2.23. The molecule has 0 spiro atoms. The fraction of sp³-hybridized carbons (Fsp3) is 0.556. The van der Waals surface area contributed by atoms with Gasteiger partial charge in [0.2, 0.25) is 0 Å². The van der Waals surface area contributed by atoms with E-state index in [4.69, 9.17) is 0 Å². The van der Waals surface area contributed by atoms with Gasteiger partial charge < -0.3 is 5.32 Å². The molecular formula is C9H14N4O2S. The minimum absolute atomic E-state index is 0.0671. The van der Waals surface area contributed by atoms with E-state index in [-0.39, 0.29) is 11.2 Å². The zero-order valence-electron chi connectivity index (χ0n) is 8.76. The Morgan fingerprint density at radius 2 is 2.12 bits per heavy atom. The number of piperidine rings is 1. The molecule has 0 bridgehead atoms. The van der Waals surface area contributed by atoms with Gasteiger partial charge in [-0.25, -0.2) is 23.1 Å². The van der Waals surface area contributed by atoms with Gasteiger partial charge in [-0.15, -0.1) is 0 Å². The molecule has 0 unspecified atom stereocenters. The molecule has 1 aliphatic rings. The van der Waals surface area contributed by atoms with Crippen LogP contribution in [0.25, 0.3) is 0 Å². The second kappa shape index (κ2) is 4.86. The Morgan fingerprint density at radius 3 is 2.75 bits per heavy atom. The summed E-state index contributed by atoms with van der Waals surface area (Å²) in [5.41, 5.74) is 0. The van der Waals surface area contributed by atoms with E-state index < -0.39 is 10.0 Å². The van der Waals surface area contributed by atoms with Gasteiger partial charge in [-0.05, 0) is 25.5 Å². The Bertz CT molecular complexity index is 428. The quantitative estimate of drug-likeness (QED) is 0.699. The third kappa shape index (κ3) is 2.75. The molecule has 1 saturated heterocycles. The third-order valence-corrected chi connectivity index (χ3v) is 3.74. The number of rotatable bonds is 3. The number of hydrogen-bond donors (Lipinski definition) is 2. The van der Waals surface area contributed by atoms with E-state index in [1.165, 1.54) is 12.4 Å². The average molecular weight is 242 g/mol. The van der Waals surface area contributed by atoms with Crippen LogP contribution in [0, 0.1) is 0 Å². The van der Waals surface area contributed by atoms with Crippen LogP contribution in [0.3, 0.4) is 0 Å². The fourth-order valence-electron chi connectivity index (χ4n) is 1.65. The lowest BCUT2D eigenvalue weighted by atomic mass is 10.1. The highest BCUT2D eigenvalue weighted by atomic mass is 32.2. The molecular weight excluding hydrogens is 228 g/mol. The van der Waals surface area contributed by atoms with Crippen LogP contribution in [-0.2, 0) is 10.0 Å². The average Bonchev–Trinajstić information content (AvgIpc) is 2.31. The van der Waals surface area contributed by atoms with E-state index >= 15 is 0 Å². The van der Waals surface area contributed by atoms with Crippen molar-refractivity contribution in [1.82, 2.24) is 20.0 Å². The maximum absolute atomic E-state index is 11.8. The van der Waals surface area contributed by atoms with Gasteiger partial charge in [-0.3, -0.25) is 0 Å². The Kier molecular flexibility index (Phi) is 3.47. The summed E-state index contributed by atoms with van der Waals surface area (Å²) in [6, 6.07) is 1.52. The monoisotopic (exact) mass is 242 g/mol. The van der Waals surface area contributed by atoms with Crippen LogP contribution in [0.4, 0.5) is 0 Å². The van der Waals surface area contributed by atoms with E-state index in [0.717, 1.165) is 19.4 Å². The normalized spacial score (nSPS) is 21.9. The van der Waals surface area contributed by atoms with Crippen molar-refractivity contribution in [3.05, 3.63) is 18.5 Å². The van der Waals surface area contributed by atoms with E-state index in [1.54, 1.807) is 6.07 Å². The molecule has 6 nitrogen and oxygen atoms in total. The Morgan fingerprint density at radius 1 is 1.38 bits per heavy atom. The summed E-state index contributed by atoms with van der Waals surface area (Å²) in [5, 5.41) is 2.97. The van der Waals surface area contributed by atoms with Gasteiger partial charge in [0.25, 0.3) is 15.2 Å². The van der Waals surface area contributed by atoms with E-state index in [1.807, 2.05) is 0 Å². The molecule has 0 aromatic carbocycles. The summed E-state index contributed by atoms with van der Waals surface area (Å²) < 4.78 is 26.3. The maximum atomic E-state index is 11.8. The zero-order valence-corrected chi connectivity index (χ0v) is 9.57. The summed E-state index contributed by atoms with van der Waals surface area (Å²) in [4.78, 5) is 7.47. The SMILES string of the molecule is O=S(=O)(N[C@@H]1CCCNC1)c1ncccn1. The molecule has 0 saturated carbocycles. The van der Waals surface area contributed by atoms with Crippen LogP contribution >= 0.6 is 0 Å². The number of aromatic nitrogens is 2. The lowest BCUT2D eigenvalue weighted by molar-refractivity contribution is 0.427. The van der Waals surface area contributed by atoms with Crippen molar-refractivity contribution in [3.8, 4) is 0 Å². The van der Waals surface area contributed by atoms with Crippen molar-refractivity contribution in [2.45, 2.75) is 24.0 Å². The number of nitrogens with zero attached hydrogens (tertiary/aromatic N) is 2. The predicted molar refractivity (Wildman–Crippen MR) is 58.2 cm³/mol. The molecule has 16 heavy (non-hydrogen) atoms. The zero-order chi connectivity index (χ0) is 11.4. The summed E-state index contributed by atoms with van der Waals surface area (Å²) in [7, 11) is -3.57. The maximum Gasteiger partial charge on any atom is 0.276 e. The molecule has 7 heteroatoms. The molecule has 1 atom stereocenters. The third-order valence-electron chi connectivity index (χ3n) is 2.40. The number of nitrogens with one attached hydrogen (secondary N) is 2. The second-order valence-corrected chi connectivity index (χ2v) is 5.30. The number of hydrogen-bond acceptors (Lipinski definition) is 5. The topological polar surface area (TPSA) is 84.0 Å². The largest absolute Gasteiger partial charge is 0.315 e. The Labute approximate surface area is 94.6 Å². The van der Waals surface area contributed by atoms with Crippen LogP contribution < -0.4 is 10.0 Å². The van der Waals surface area contributed by atoms with Crippen LogP contribution in [0.1, 0.15) is 12.8 Å². The minimum atomic E-state index is -3.57. The Balaban J connectivity index is 2.08. The smallest absolute Gasteiger partial charge is 0.276 e. The molecule has 0 radical (unpaired) electrons. The summed E-state index contributed by atoms with van der Waals surface area (Å²) in [6.45, 7) is 1.60. The molecule has 2 N–H and O–H groups in total. The van der Waals surface area contributed by atoms with Gasteiger partial charge in [0.1, 0.15) is 0 Å². The predicted octanol–water partition coefficient (Wildman–Crippen LogP) is -0.493. The van der Waals surface area contributed by atoms with E-state index in [2.05, 4.69) is 20.0 Å². The summed E-state index contributed by atoms with van der Waals surface area (Å²) >= 11 is 0. The first-order valence-electron chi connectivity index (χ1n) is 5.18. The minimum Gasteiger partial charge on any atom is -0.315 e. The standard InChI is InChI=1S/C9H14N4O2S/c14-16(15,9-11-5-2-6-12-9)13-8-3-1-4-10-7-8/h2,5-6,8,10,13H,1,3-4,7H2/t8-/m1/s1. The highest BCUT2D eigenvalue weighted by Crippen LogP contribution is 2.06. The lowest BCUT2D eigenvalue weighted by Gasteiger charge is -2.22. The first-order chi connectivity index (χ1) is 7.68. The molecule has 1 aromatic heterocycles. The molecule has 0 amide bonds. The molecule has 0 aliphatic carbocycles. The van der Waals surface area contributed by atoms with Gasteiger partial charge in [0, 0.05) is 25.0 Å². The summed E-state index contributed by atoms with van der Waals surface area (Å²) in [6.07, 6.45) is 4.66. The van der Waals surface area contributed by atoms with Crippen molar-refractivity contribution < 1.29 is 8.42 Å². The molecule has 1 aromatic rings. The first kappa shape index (κ1) is 11.4. The van der Waals surface area contributed by atoms with E-state index in [0.29, 0.717) is 6.54 Å². The van der Waals surface area contributed by atoms with Gasteiger partial charge in [0.15, 0.2) is 0 Å². The van der Waals surface area contributed by atoms with Crippen molar-refractivity contribution in [3.63, 3.8) is 0 Å². The molecule has 1 aliphatic heterocycles. The molecule has 88 valence electrons. The van der Waals surface area contributed by atoms with Gasteiger partial charge in [-0.1, -0.05) is 0 Å². The molecule has 1 fully saturated rings. The van der Waals surface area contributed by atoms with E-state index in [9.17, 15) is 8.42 Å². The molecule has 2 rings (SSSR count). The van der Waals surface area contributed by atoms with Gasteiger partial charge in [0.05, 0.1) is 0 Å². The fourth-order valence-corrected chi connectivity index (χ4v) is 2.79. The van der Waals surface area contributed by atoms with Crippen molar-refractivity contribution >= 4 is 10.0 Å². The summed E-state index contributed by atoms with van der Waals surface area (Å²) in [5.74, 6) is 0. The van der Waals surface area contributed by atoms with Gasteiger partial charge >= 0.3 is 0 Å². The van der Waals surface area contributed by atoms with Crippen LogP contribution in [0.15, 0.2) is 23.6 Å². The molecule has 2 heterocycles. The van der Waals surface area contributed by atoms with Crippen molar-refractivity contribution in [2.75, 3.05) is 13.1 Å². The van der Waals surface area contributed by atoms with Crippen LogP contribution in [-0.4, -0.2) is 37.5 Å². The highest BCUT2D eigenvalue weighted by molar-refractivity contribution is 7.89. The van der Waals surface area contributed by atoms with Crippen LogP contribution in [0.2, 0.25) is 0 Å². The van der Waals surface area contributed by atoms with Crippen LogP contribution in [0.5, 0.6) is 0 Å². The number of sulfonamides is 1.